The minimum Gasteiger partial charge on any atom is -0.468 e. The number of hydrogen-bond donors (Lipinski definition) is 1. The Labute approximate surface area is 210 Å². The van der Waals surface area contributed by atoms with Crippen molar-refractivity contribution in [2.45, 2.75) is 39.1 Å². The topological polar surface area (TPSA) is 72.9 Å². The van der Waals surface area contributed by atoms with Crippen molar-refractivity contribution < 1.29 is 23.4 Å². The molecule has 0 unspecified atom stereocenters. The van der Waals surface area contributed by atoms with Crippen molar-refractivity contribution >= 4 is 0 Å². The van der Waals surface area contributed by atoms with Crippen LogP contribution in [-0.4, -0.2) is 45.1 Å². The fourth-order valence-electron chi connectivity index (χ4n) is 3.95. The molecule has 0 bridgehead atoms. The van der Waals surface area contributed by atoms with E-state index in [9.17, 15) is 9.50 Å². The van der Waals surface area contributed by atoms with Crippen LogP contribution in [0, 0.1) is 5.82 Å². The molecule has 8 heteroatoms. The van der Waals surface area contributed by atoms with Crippen molar-refractivity contribution in [3.05, 3.63) is 90.1 Å². The van der Waals surface area contributed by atoms with Crippen LogP contribution < -0.4 is 4.74 Å². The minimum absolute atomic E-state index is 0.0249. The zero-order valence-corrected chi connectivity index (χ0v) is 20.8. The summed E-state index contributed by atoms with van der Waals surface area (Å²) in [5.74, 6) is 1.49. The molecule has 36 heavy (non-hydrogen) atoms. The highest BCUT2D eigenvalue weighted by molar-refractivity contribution is 5.65. The average molecular weight is 494 g/mol. The Balaban J connectivity index is 1.68. The van der Waals surface area contributed by atoms with Gasteiger partial charge in [-0.3, -0.25) is 4.90 Å². The number of aliphatic hydroxyl groups is 1. The lowest BCUT2D eigenvalue weighted by Gasteiger charge is -2.25. The van der Waals surface area contributed by atoms with E-state index in [2.05, 4.69) is 4.90 Å². The van der Waals surface area contributed by atoms with E-state index < -0.39 is 6.10 Å². The number of aromatic nitrogens is 2. The van der Waals surface area contributed by atoms with Crippen LogP contribution in [0.1, 0.15) is 25.2 Å². The summed E-state index contributed by atoms with van der Waals surface area (Å²) in [4.78, 5) is 2.08. The van der Waals surface area contributed by atoms with Gasteiger partial charge in [0.1, 0.15) is 23.0 Å². The summed E-state index contributed by atoms with van der Waals surface area (Å²) in [6.07, 6.45) is 0.964. The van der Waals surface area contributed by atoms with Crippen LogP contribution in [0.3, 0.4) is 0 Å². The van der Waals surface area contributed by atoms with Gasteiger partial charge in [0.15, 0.2) is 0 Å². The molecular formula is C28H32FN3O4. The molecule has 2 aromatic heterocycles. The van der Waals surface area contributed by atoms with E-state index in [1.54, 1.807) is 23.1 Å². The summed E-state index contributed by atoms with van der Waals surface area (Å²) in [6, 6.07) is 19.5. The Morgan fingerprint density at radius 2 is 1.78 bits per heavy atom. The number of halogens is 1. The van der Waals surface area contributed by atoms with Gasteiger partial charge in [-0.25, -0.2) is 9.07 Å². The summed E-state index contributed by atoms with van der Waals surface area (Å²) >= 11 is 0. The average Bonchev–Trinajstić information content (AvgIpc) is 3.48. The van der Waals surface area contributed by atoms with E-state index in [-0.39, 0.29) is 18.5 Å². The van der Waals surface area contributed by atoms with Crippen LogP contribution in [0.5, 0.6) is 11.6 Å². The van der Waals surface area contributed by atoms with Gasteiger partial charge in [-0.05, 0) is 50.2 Å². The zero-order chi connectivity index (χ0) is 25.5. The van der Waals surface area contributed by atoms with E-state index in [1.165, 1.54) is 12.1 Å². The van der Waals surface area contributed by atoms with Gasteiger partial charge in [-0.1, -0.05) is 30.3 Å². The van der Waals surface area contributed by atoms with E-state index in [0.717, 1.165) is 22.6 Å². The molecule has 0 spiro atoms. The Bertz CT molecular complexity index is 1210. The maximum absolute atomic E-state index is 13.5. The molecule has 190 valence electrons. The van der Waals surface area contributed by atoms with Crippen molar-refractivity contribution in [2.24, 2.45) is 7.05 Å². The van der Waals surface area contributed by atoms with Crippen molar-refractivity contribution in [1.82, 2.24) is 14.7 Å². The summed E-state index contributed by atoms with van der Waals surface area (Å²) in [5, 5.41) is 15.5. The third-order valence-electron chi connectivity index (χ3n) is 5.60. The summed E-state index contributed by atoms with van der Waals surface area (Å²) in [5.41, 5.74) is 2.56. The van der Waals surface area contributed by atoms with Gasteiger partial charge in [0.25, 0.3) is 0 Å². The molecule has 0 saturated carbocycles. The van der Waals surface area contributed by atoms with Gasteiger partial charge in [0, 0.05) is 25.7 Å². The van der Waals surface area contributed by atoms with E-state index in [4.69, 9.17) is 19.0 Å². The van der Waals surface area contributed by atoms with Crippen molar-refractivity contribution in [1.29, 1.82) is 0 Å². The zero-order valence-electron chi connectivity index (χ0n) is 20.8. The normalized spacial score (nSPS) is 12.4. The highest BCUT2D eigenvalue weighted by atomic mass is 19.1. The lowest BCUT2D eigenvalue weighted by Crippen LogP contribution is -2.35. The van der Waals surface area contributed by atoms with E-state index in [1.807, 2.05) is 63.4 Å². The first kappa shape index (κ1) is 25.6. The van der Waals surface area contributed by atoms with E-state index in [0.29, 0.717) is 31.3 Å². The molecule has 0 aliphatic carbocycles. The molecule has 0 radical (unpaired) electrons. The fourth-order valence-corrected chi connectivity index (χ4v) is 3.95. The highest BCUT2D eigenvalue weighted by Gasteiger charge is 2.24. The fraction of sp³-hybridized carbons (Fsp3) is 0.321. The molecule has 0 saturated heterocycles. The van der Waals surface area contributed by atoms with E-state index >= 15 is 0 Å². The second-order valence-corrected chi connectivity index (χ2v) is 8.96. The molecule has 1 atom stereocenters. The standard InChI is InChI=1S/C28H32FN3O4/c1-20(2)35-19-23(33)16-32(17-25-10-7-15-34-25)18-26-27(21-8-5-4-6-9-21)30-31(3)28(26)36-24-13-11-22(29)12-14-24/h4-15,20,23,33H,16-19H2,1-3H3/t23-/m1/s1. The van der Waals surface area contributed by atoms with Crippen LogP contribution in [0.2, 0.25) is 0 Å². The highest BCUT2D eigenvalue weighted by Crippen LogP contribution is 2.34. The predicted molar refractivity (Wildman–Crippen MR) is 135 cm³/mol. The number of hydrogen-bond acceptors (Lipinski definition) is 6. The first-order chi connectivity index (χ1) is 17.4. The molecule has 0 aliphatic rings. The molecule has 1 N–H and O–H groups in total. The molecule has 0 aliphatic heterocycles. The number of aryl methyl sites for hydroxylation is 1. The van der Waals surface area contributed by atoms with Gasteiger partial charge < -0.3 is 19.0 Å². The van der Waals surface area contributed by atoms with Crippen LogP contribution in [0.4, 0.5) is 4.39 Å². The van der Waals surface area contributed by atoms with Gasteiger partial charge in [0.05, 0.1) is 37.2 Å². The van der Waals surface area contributed by atoms with Crippen molar-refractivity contribution in [2.75, 3.05) is 13.2 Å². The quantitative estimate of drug-likeness (QED) is 0.285. The number of aliphatic hydroxyl groups excluding tert-OH is 1. The summed E-state index contributed by atoms with van der Waals surface area (Å²) in [6.45, 7) is 5.36. The maximum atomic E-state index is 13.5. The monoisotopic (exact) mass is 493 g/mol. The molecule has 0 amide bonds. The summed E-state index contributed by atoms with van der Waals surface area (Å²) in [7, 11) is 1.82. The van der Waals surface area contributed by atoms with Gasteiger partial charge in [-0.15, -0.1) is 0 Å². The SMILES string of the molecule is CC(C)OC[C@H](O)CN(Cc1ccco1)Cc1c(-c2ccccc2)nn(C)c1Oc1ccc(F)cc1. The Hall–Kier alpha value is -3.46. The van der Waals surface area contributed by atoms with Crippen molar-refractivity contribution in [3.8, 4) is 22.9 Å². The second-order valence-electron chi connectivity index (χ2n) is 8.96. The number of furan rings is 1. The predicted octanol–water partition coefficient (Wildman–Crippen LogP) is 5.40. The molecular weight excluding hydrogens is 461 g/mol. The number of benzene rings is 2. The van der Waals surface area contributed by atoms with Crippen LogP contribution in [0.15, 0.2) is 77.4 Å². The first-order valence-corrected chi connectivity index (χ1v) is 12.0. The van der Waals surface area contributed by atoms with Crippen molar-refractivity contribution in [3.63, 3.8) is 0 Å². The van der Waals surface area contributed by atoms with Gasteiger partial charge >= 0.3 is 0 Å². The first-order valence-electron chi connectivity index (χ1n) is 12.0. The molecule has 0 fully saturated rings. The Kier molecular flexibility index (Phi) is 8.53. The Morgan fingerprint density at radius 3 is 2.44 bits per heavy atom. The third-order valence-corrected chi connectivity index (χ3v) is 5.60. The number of rotatable bonds is 12. The molecule has 7 nitrogen and oxygen atoms in total. The van der Waals surface area contributed by atoms with Gasteiger partial charge in [-0.2, -0.15) is 5.10 Å². The molecule has 2 heterocycles. The van der Waals surface area contributed by atoms with Crippen LogP contribution in [0.25, 0.3) is 11.3 Å². The number of ether oxygens (including phenoxy) is 2. The lowest BCUT2D eigenvalue weighted by atomic mass is 10.1. The molecule has 2 aromatic carbocycles. The molecule has 4 aromatic rings. The maximum Gasteiger partial charge on any atom is 0.222 e. The third kappa shape index (κ3) is 6.81. The largest absolute Gasteiger partial charge is 0.468 e. The van der Waals surface area contributed by atoms with Crippen LogP contribution >= 0.6 is 0 Å². The van der Waals surface area contributed by atoms with Crippen LogP contribution in [-0.2, 0) is 24.9 Å². The summed E-state index contributed by atoms with van der Waals surface area (Å²) < 4.78 is 32.6. The Morgan fingerprint density at radius 1 is 1.03 bits per heavy atom. The number of nitrogens with zero attached hydrogens (tertiary/aromatic N) is 3. The van der Waals surface area contributed by atoms with Gasteiger partial charge in [0.2, 0.25) is 5.88 Å². The molecule has 4 rings (SSSR count). The smallest absolute Gasteiger partial charge is 0.222 e. The minimum atomic E-state index is -0.694. The second kappa shape index (κ2) is 12.0. The lowest BCUT2D eigenvalue weighted by molar-refractivity contribution is -0.0114.